The van der Waals surface area contributed by atoms with Gasteiger partial charge in [-0.15, -0.1) is 0 Å². The first-order valence-corrected chi connectivity index (χ1v) is 6.99. The molecule has 0 saturated heterocycles. The highest BCUT2D eigenvalue weighted by molar-refractivity contribution is 6.30. The highest BCUT2D eigenvalue weighted by Crippen LogP contribution is 2.12. The van der Waals surface area contributed by atoms with E-state index >= 15 is 0 Å². The Labute approximate surface area is 133 Å². The van der Waals surface area contributed by atoms with Crippen molar-refractivity contribution in [2.45, 2.75) is 19.4 Å². The molecule has 1 aromatic rings. The summed E-state index contributed by atoms with van der Waals surface area (Å²) in [6.45, 7) is 1.61. The summed E-state index contributed by atoms with van der Waals surface area (Å²) < 4.78 is 9.27. The van der Waals surface area contributed by atoms with Crippen LogP contribution in [-0.2, 0) is 19.1 Å². The summed E-state index contributed by atoms with van der Waals surface area (Å²) in [6.07, 6.45) is 0.0820. The van der Waals surface area contributed by atoms with E-state index in [0.29, 0.717) is 10.6 Å². The molecule has 0 aliphatic heterocycles. The second-order valence-electron chi connectivity index (χ2n) is 4.72. The van der Waals surface area contributed by atoms with E-state index in [2.05, 4.69) is 14.8 Å². The van der Waals surface area contributed by atoms with Gasteiger partial charge in [0.15, 0.2) is 0 Å². The highest BCUT2D eigenvalue weighted by atomic mass is 35.5. The van der Waals surface area contributed by atoms with Gasteiger partial charge < -0.3 is 14.8 Å². The lowest BCUT2D eigenvalue weighted by Crippen LogP contribution is -2.43. The fourth-order valence-corrected chi connectivity index (χ4v) is 1.98. The minimum atomic E-state index is -0.942. The molecule has 0 unspecified atom stereocenters. The molecule has 7 heteroatoms. The molecule has 6 nitrogen and oxygen atoms in total. The Kier molecular flexibility index (Phi) is 6.85. The van der Waals surface area contributed by atoms with Crippen LogP contribution >= 0.6 is 11.6 Å². The van der Waals surface area contributed by atoms with Crippen LogP contribution in [0.1, 0.15) is 23.7 Å². The van der Waals surface area contributed by atoms with Crippen molar-refractivity contribution in [3.8, 4) is 0 Å². The number of hydrogen-bond acceptors (Lipinski definition) is 5. The van der Waals surface area contributed by atoms with E-state index in [4.69, 9.17) is 11.6 Å². The minimum absolute atomic E-state index is 0.0820. The lowest BCUT2D eigenvalue weighted by atomic mass is 10.0. The molecule has 0 radical (unpaired) electrons. The molecule has 1 N–H and O–H groups in total. The largest absolute Gasteiger partial charge is 0.469 e. The van der Waals surface area contributed by atoms with Gasteiger partial charge in [-0.05, 0) is 30.7 Å². The lowest BCUT2D eigenvalue weighted by molar-refractivity contribution is -0.147. The molecule has 1 rings (SSSR count). The number of carbonyl (C=O) groups is 3. The summed E-state index contributed by atoms with van der Waals surface area (Å²) in [5, 5.41) is 3.05. The van der Waals surface area contributed by atoms with Gasteiger partial charge in [0.05, 0.1) is 20.1 Å². The standard InChI is InChI=1S/C15H18ClNO5/c1-9(14(19)21-2)8-12(15(20)22-3)17-13(18)10-4-6-11(16)7-5-10/h4-7,9,12H,8H2,1-3H3,(H,17,18)/t9-,12+/m0/s1. The fraction of sp³-hybridized carbons (Fsp3) is 0.400. The number of hydrogen-bond donors (Lipinski definition) is 1. The van der Waals surface area contributed by atoms with Crippen molar-refractivity contribution in [2.24, 2.45) is 5.92 Å². The fourth-order valence-electron chi connectivity index (χ4n) is 1.85. The number of benzene rings is 1. The zero-order chi connectivity index (χ0) is 16.7. The Balaban J connectivity index is 2.80. The normalized spacial score (nSPS) is 12.9. The molecule has 0 aromatic heterocycles. The van der Waals surface area contributed by atoms with E-state index in [1.54, 1.807) is 19.1 Å². The van der Waals surface area contributed by atoms with Gasteiger partial charge in [-0.1, -0.05) is 18.5 Å². The number of methoxy groups -OCH3 is 2. The molecule has 0 heterocycles. The molecule has 0 spiro atoms. The van der Waals surface area contributed by atoms with E-state index in [1.165, 1.54) is 26.4 Å². The Hall–Kier alpha value is -2.08. The van der Waals surface area contributed by atoms with Gasteiger partial charge in [0.1, 0.15) is 6.04 Å². The van der Waals surface area contributed by atoms with Crippen LogP contribution in [0.25, 0.3) is 0 Å². The van der Waals surface area contributed by atoms with E-state index in [1.807, 2.05) is 0 Å². The van der Waals surface area contributed by atoms with Gasteiger partial charge in [0.25, 0.3) is 5.91 Å². The second kappa shape index (κ2) is 8.38. The summed E-state index contributed by atoms with van der Waals surface area (Å²) >= 11 is 5.76. The van der Waals surface area contributed by atoms with Crippen molar-refractivity contribution in [1.29, 1.82) is 0 Å². The molecular formula is C15H18ClNO5. The first kappa shape index (κ1) is 18.0. The van der Waals surface area contributed by atoms with E-state index in [9.17, 15) is 14.4 Å². The Bertz CT molecular complexity index is 543. The zero-order valence-corrected chi connectivity index (χ0v) is 13.3. The molecule has 1 amide bonds. The van der Waals surface area contributed by atoms with E-state index in [-0.39, 0.29) is 6.42 Å². The number of nitrogens with one attached hydrogen (secondary N) is 1. The average Bonchev–Trinajstić information content (AvgIpc) is 2.52. The molecule has 120 valence electrons. The van der Waals surface area contributed by atoms with Gasteiger partial charge >= 0.3 is 11.9 Å². The number of halogens is 1. The maximum absolute atomic E-state index is 12.1. The molecular weight excluding hydrogens is 310 g/mol. The molecule has 0 saturated carbocycles. The summed E-state index contributed by atoms with van der Waals surface area (Å²) in [4.78, 5) is 35.3. The lowest BCUT2D eigenvalue weighted by Gasteiger charge is -2.19. The Morgan fingerprint density at radius 2 is 1.64 bits per heavy atom. The van der Waals surface area contributed by atoms with Crippen molar-refractivity contribution in [2.75, 3.05) is 14.2 Å². The average molecular weight is 328 g/mol. The number of ether oxygens (including phenoxy) is 2. The summed E-state index contributed by atoms with van der Waals surface area (Å²) in [5.74, 6) is -2.10. The molecule has 2 atom stereocenters. The van der Waals surface area contributed by atoms with Crippen molar-refractivity contribution in [3.63, 3.8) is 0 Å². The first-order valence-electron chi connectivity index (χ1n) is 6.61. The zero-order valence-electron chi connectivity index (χ0n) is 12.6. The van der Waals surface area contributed by atoms with Crippen LogP contribution in [0.2, 0.25) is 5.02 Å². The Morgan fingerprint density at radius 1 is 1.09 bits per heavy atom. The molecule has 0 bridgehead atoms. The first-order chi connectivity index (χ1) is 10.4. The van der Waals surface area contributed by atoms with Crippen molar-refractivity contribution >= 4 is 29.4 Å². The van der Waals surface area contributed by atoms with Crippen LogP contribution in [0.3, 0.4) is 0 Å². The Morgan fingerprint density at radius 3 is 2.14 bits per heavy atom. The molecule has 0 aliphatic rings. The van der Waals surface area contributed by atoms with Gasteiger partial charge in [0.2, 0.25) is 0 Å². The maximum Gasteiger partial charge on any atom is 0.328 e. The van der Waals surface area contributed by atoms with Gasteiger partial charge in [-0.25, -0.2) is 4.79 Å². The third-order valence-corrected chi connectivity index (χ3v) is 3.34. The van der Waals surface area contributed by atoms with Crippen LogP contribution in [0.4, 0.5) is 0 Å². The maximum atomic E-state index is 12.1. The monoisotopic (exact) mass is 327 g/mol. The van der Waals surface area contributed by atoms with Crippen LogP contribution < -0.4 is 5.32 Å². The number of amides is 1. The predicted octanol–water partition coefficient (Wildman–Crippen LogP) is 1.81. The third-order valence-electron chi connectivity index (χ3n) is 3.09. The number of esters is 2. The molecule has 1 aromatic carbocycles. The second-order valence-corrected chi connectivity index (χ2v) is 5.15. The summed E-state index contributed by atoms with van der Waals surface area (Å²) in [6, 6.07) is 5.27. The van der Waals surface area contributed by atoms with Crippen LogP contribution in [0, 0.1) is 5.92 Å². The third kappa shape index (κ3) is 5.04. The topological polar surface area (TPSA) is 81.7 Å². The molecule has 22 heavy (non-hydrogen) atoms. The number of carbonyl (C=O) groups excluding carboxylic acids is 3. The quantitative estimate of drug-likeness (QED) is 0.806. The number of rotatable bonds is 6. The van der Waals surface area contributed by atoms with E-state index < -0.39 is 29.8 Å². The summed E-state index contributed by atoms with van der Waals surface area (Å²) in [5.41, 5.74) is 0.351. The molecule has 0 fully saturated rings. The van der Waals surface area contributed by atoms with Crippen LogP contribution in [-0.4, -0.2) is 38.1 Å². The van der Waals surface area contributed by atoms with Crippen LogP contribution in [0.5, 0.6) is 0 Å². The summed E-state index contributed by atoms with van der Waals surface area (Å²) in [7, 11) is 2.48. The van der Waals surface area contributed by atoms with Gasteiger partial charge in [-0.3, -0.25) is 9.59 Å². The minimum Gasteiger partial charge on any atom is -0.469 e. The van der Waals surface area contributed by atoms with E-state index in [0.717, 1.165) is 0 Å². The van der Waals surface area contributed by atoms with Crippen molar-refractivity contribution in [3.05, 3.63) is 34.9 Å². The molecule has 0 aliphatic carbocycles. The predicted molar refractivity (Wildman–Crippen MR) is 80.5 cm³/mol. The SMILES string of the molecule is COC(=O)[C@@H](C)C[C@@H](NC(=O)c1ccc(Cl)cc1)C(=O)OC. The van der Waals surface area contributed by atoms with Gasteiger partial charge in [0, 0.05) is 10.6 Å². The van der Waals surface area contributed by atoms with Gasteiger partial charge in [-0.2, -0.15) is 0 Å². The van der Waals surface area contributed by atoms with Crippen molar-refractivity contribution in [1.82, 2.24) is 5.32 Å². The van der Waals surface area contributed by atoms with Crippen LogP contribution in [0.15, 0.2) is 24.3 Å². The highest BCUT2D eigenvalue weighted by Gasteiger charge is 2.27. The smallest absolute Gasteiger partial charge is 0.328 e. The van der Waals surface area contributed by atoms with Crippen molar-refractivity contribution < 1.29 is 23.9 Å².